The van der Waals surface area contributed by atoms with E-state index in [2.05, 4.69) is 49.8 Å². The first kappa shape index (κ1) is 18.6. The second kappa shape index (κ2) is 6.84. The van der Waals surface area contributed by atoms with Crippen LogP contribution in [0.2, 0.25) is 18.1 Å². The average molecular weight is 341 g/mol. The highest BCUT2D eigenvalue weighted by Gasteiger charge is 2.38. The van der Waals surface area contributed by atoms with Crippen LogP contribution in [0.15, 0.2) is 0 Å². The Hall–Kier alpha value is 0.577. The van der Waals surface area contributed by atoms with Gasteiger partial charge in [0.1, 0.15) is 0 Å². The fraction of sp³-hybridized carbons (Fsp3) is 1.00. The van der Waals surface area contributed by atoms with Crippen LogP contribution < -0.4 is 0 Å². The monoisotopic (exact) mass is 340 g/mol. The van der Waals surface area contributed by atoms with Crippen LogP contribution >= 0.6 is 15.9 Å². The molecule has 0 rings (SSSR count). The number of rotatable bonds is 6. The Kier molecular flexibility index (Phi) is 7.06. The molecule has 0 aromatic rings. The lowest BCUT2D eigenvalue weighted by Gasteiger charge is -2.37. The van der Waals surface area contributed by atoms with Crippen LogP contribution in [0.25, 0.3) is 0 Å². The van der Waals surface area contributed by atoms with E-state index in [0.29, 0.717) is 6.61 Å². The third-order valence-corrected chi connectivity index (χ3v) is 9.12. The van der Waals surface area contributed by atoms with Gasteiger partial charge in [0.05, 0.1) is 17.0 Å². The lowest BCUT2D eigenvalue weighted by atomic mass is 10.00. The minimum Gasteiger partial charge on any atom is -0.416 e. The molecule has 0 saturated heterocycles. The maximum Gasteiger partial charge on any atom is 0.192 e. The summed E-state index contributed by atoms with van der Waals surface area (Å²) in [6.07, 6.45) is -1.52. The first-order valence-corrected chi connectivity index (χ1v) is 10.4. The maximum atomic E-state index is 9.99. The molecular formula is C13H29BrO3Si. The summed E-state index contributed by atoms with van der Waals surface area (Å²) < 4.78 is 6.03. The number of aliphatic hydroxyl groups is 2. The van der Waals surface area contributed by atoms with Gasteiger partial charge in [-0.05, 0) is 24.1 Å². The number of alkyl halides is 1. The average Bonchev–Trinajstić information content (AvgIpc) is 2.22. The minimum atomic E-state index is -1.80. The number of halogens is 1. The Balaban J connectivity index is 4.39. The zero-order chi connectivity index (χ0) is 14.7. The molecule has 2 N–H and O–H groups in total. The number of hydrogen-bond donors (Lipinski definition) is 2. The highest BCUT2D eigenvalue weighted by atomic mass is 79.9. The van der Waals surface area contributed by atoms with Crippen molar-refractivity contribution in [2.75, 3.05) is 6.61 Å². The molecule has 0 saturated carbocycles. The predicted octanol–water partition coefficient (Wildman–Crippen LogP) is 3.15. The Bertz CT molecular complexity index is 251. The smallest absolute Gasteiger partial charge is 0.192 e. The quantitative estimate of drug-likeness (QED) is 0.576. The summed E-state index contributed by atoms with van der Waals surface area (Å²) in [5.41, 5.74) is 0. The van der Waals surface area contributed by atoms with Gasteiger partial charge in [-0.1, -0.05) is 50.5 Å². The van der Waals surface area contributed by atoms with Crippen molar-refractivity contribution in [2.45, 2.75) is 69.8 Å². The van der Waals surface area contributed by atoms with E-state index in [1.807, 2.05) is 13.8 Å². The van der Waals surface area contributed by atoms with Crippen LogP contribution in [-0.2, 0) is 4.43 Å². The molecule has 0 spiro atoms. The molecule has 0 aliphatic rings. The standard InChI is InChI=1S/C13H29BrO3Si/c1-9(2)11(15)12(16)10(14)8-17-18(6,7)13(3,4)5/h9-12,15-16H,8H2,1-7H3/t10-,11+,12-/m1/s1. The lowest BCUT2D eigenvalue weighted by Crippen LogP contribution is -2.45. The first-order chi connectivity index (χ1) is 7.90. The van der Waals surface area contributed by atoms with E-state index in [9.17, 15) is 10.2 Å². The maximum absolute atomic E-state index is 9.99. The van der Waals surface area contributed by atoms with Crippen LogP contribution in [-0.4, -0.2) is 42.2 Å². The minimum absolute atomic E-state index is 0.0351. The van der Waals surface area contributed by atoms with E-state index >= 15 is 0 Å². The second-order valence-electron chi connectivity index (χ2n) is 6.81. The van der Waals surface area contributed by atoms with Crippen molar-refractivity contribution >= 4 is 24.2 Å². The summed E-state index contributed by atoms with van der Waals surface area (Å²) in [7, 11) is -1.80. The molecule has 0 unspecified atom stereocenters. The zero-order valence-corrected chi connectivity index (χ0v) is 15.3. The van der Waals surface area contributed by atoms with Crippen molar-refractivity contribution in [1.82, 2.24) is 0 Å². The fourth-order valence-electron chi connectivity index (χ4n) is 1.21. The molecule has 0 heterocycles. The van der Waals surface area contributed by atoms with Gasteiger partial charge >= 0.3 is 0 Å². The number of aliphatic hydroxyl groups excluding tert-OH is 2. The molecule has 110 valence electrons. The van der Waals surface area contributed by atoms with Crippen LogP contribution in [0.4, 0.5) is 0 Å². The van der Waals surface area contributed by atoms with Crippen molar-refractivity contribution < 1.29 is 14.6 Å². The largest absolute Gasteiger partial charge is 0.416 e. The van der Waals surface area contributed by atoms with E-state index in [0.717, 1.165) is 0 Å². The molecule has 3 atom stereocenters. The zero-order valence-electron chi connectivity index (χ0n) is 12.7. The van der Waals surface area contributed by atoms with Crippen molar-refractivity contribution in [2.24, 2.45) is 5.92 Å². The summed E-state index contributed by atoms with van der Waals surface area (Å²) in [4.78, 5) is -0.232. The van der Waals surface area contributed by atoms with Gasteiger partial charge in [-0.2, -0.15) is 0 Å². The molecule has 0 aromatic carbocycles. The highest BCUT2D eigenvalue weighted by molar-refractivity contribution is 9.09. The summed E-state index contributed by atoms with van der Waals surface area (Å²) >= 11 is 3.42. The molecule has 0 amide bonds. The third kappa shape index (κ3) is 5.29. The fourth-order valence-corrected chi connectivity index (χ4v) is 2.93. The molecule has 3 nitrogen and oxygen atoms in total. The third-order valence-electron chi connectivity index (χ3n) is 3.81. The molecule has 5 heteroatoms. The van der Waals surface area contributed by atoms with Gasteiger partial charge < -0.3 is 14.6 Å². The lowest BCUT2D eigenvalue weighted by molar-refractivity contribution is -0.0135. The van der Waals surface area contributed by atoms with E-state index in [-0.39, 0.29) is 15.8 Å². The van der Waals surface area contributed by atoms with Gasteiger partial charge in [0.15, 0.2) is 8.32 Å². The van der Waals surface area contributed by atoms with Crippen molar-refractivity contribution in [3.63, 3.8) is 0 Å². The SMILES string of the molecule is CC(C)[C@H](O)[C@H](O)[C@H](Br)CO[Si](C)(C)C(C)(C)C. The first-order valence-electron chi connectivity index (χ1n) is 6.54. The van der Waals surface area contributed by atoms with Crippen LogP contribution in [0.3, 0.4) is 0 Å². The Morgan fingerprint density at radius 1 is 1.11 bits per heavy atom. The van der Waals surface area contributed by atoms with Gasteiger partial charge in [-0.3, -0.25) is 0 Å². The Labute approximate surface area is 121 Å². The van der Waals surface area contributed by atoms with E-state index in [1.165, 1.54) is 0 Å². The molecule has 0 aliphatic heterocycles. The molecule has 0 fully saturated rings. The molecule has 18 heavy (non-hydrogen) atoms. The van der Waals surface area contributed by atoms with Gasteiger partial charge in [-0.15, -0.1) is 0 Å². The van der Waals surface area contributed by atoms with Gasteiger partial charge in [0.25, 0.3) is 0 Å². The summed E-state index contributed by atoms with van der Waals surface area (Å²) in [6, 6.07) is 0. The Morgan fingerprint density at radius 3 is 1.89 bits per heavy atom. The van der Waals surface area contributed by atoms with E-state index in [1.54, 1.807) is 0 Å². The Morgan fingerprint density at radius 2 is 1.56 bits per heavy atom. The molecule has 0 aromatic heterocycles. The molecular weight excluding hydrogens is 312 g/mol. The normalized spacial score (nSPS) is 18.8. The van der Waals surface area contributed by atoms with E-state index < -0.39 is 20.5 Å². The highest BCUT2D eigenvalue weighted by Crippen LogP contribution is 2.37. The van der Waals surface area contributed by atoms with Crippen molar-refractivity contribution in [3.05, 3.63) is 0 Å². The van der Waals surface area contributed by atoms with Gasteiger partial charge in [-0.25, -0.2) is 0 Å². The molecule has 0 radical (unpaired) electrons. The van der Waals surface area contributed by atoms with Crippen molar-refractivity contribution in [3.8, 4) is 0 Å². The van der Waals surface area contributed by atoms with Gasteiger partial charge in [0, 0.05) is 6.61 Å². The summed E-state index contributed by atoms with van der Waals surface area (Å²) in [6.45, 7) is 15.1. The molecule has 0 aliphatic carbocycles. The van der Waals surface area contributed by atoms with Crippen LogP contribution in [0, 0.1) is 5.92 Å². The molecule has 0 bridgehead atoms. The van der Waals surface area contributed by atoms with Crippen LogP contribution in [0.5, 0.6) is 0 Å². The van der Waals surface area contributed by atoms with Gasteiger partial charge in [0.2, 0.25) is 0 Å². The van der Waals surface area contributed by atoms with Crippen molar-refractivity contribution in [1.29, 1.82) is 0 Å². The topological polar surface area (TPSA) is 49.7 Å². The van der Waals surface area contributed by atoms with E-state index in [4.69, 9.17) is 4.43 Å². The second-order valence-corrected chi connectivity index (χ2v) is 12.8. The predicted molar refractivity (Wildman–Crippen MR) is 82.7 cm³/mol. The summed E-state index contributed by atoms with van der Waals surface area (Å²) in [5, 5.41) is 20.0. The van der Waals surface area contributed by atoms with Crippen LogP contribution in [0.1, 0.15) is 34.6 Å². The summed E-state index contributed by atoms with van der Waals surface area (Å²) in [5.74, 6) is 0.0351. The number of hydrogen-bond acceptors (Lipinski definition) is 3.